The van der Waals surface area contributed by atoms with Gasteiger partial charge in [-0.2, -0.15) is 11.8 Å². The summed E-state index contributed by atoms with van der Waals surface area (Å²) in [6.45, 7) is 7.56. The smallest absolute Gasteiger partial charge is 0.123 e. The van der Waals surface area contributed by atoms with Crippen LogP contribution in [0.5, 0.6) is 0 Å². The van der Waals surface area contributed by atoms with E-state index in [1.54, 1.807) is 0 Å². The Hall–Kier alpha value is -0.540. The first-order valence-corrected chi connectivity index (χ1v) is 7.28. The van der Waals surface area contributed by atoms with Crippen LogP contribution in [-0.4, -0.2) is 17.5 Å². The fourth-order valence-corrected chi connectivity index (χ4v) is 2.46. The van der Waals surface area contributed by atoms with Gasteiger partial charge in [0.15, 0.2) is 0 Å². The summed E-state index contributed by atoms with van der Waals surface area (Å²) in [5.74, 6) is 0.864. The van der Waals surface area contributed by atoms with Gasteiger partial charge in [-0.3, -0.25) is 0 Å². The van der Waals surface area contributed by atoms with Crippen LogP contribution in [0.15, 0.2) is 24.3 Å². The van der Waals surface area contributed by atoms with E-state index in [0.29, 0.717) is 11.3 Å². The van der Waals surface area contributed by atoms with Gasteiger partial charge in [-0.25, -0.2) is 4.39 Å². The van der Waals surface area contributed by atoms with Crippen LogP contribution in [0.2, 0.25) is 0 Å². The van der Waals surface area contributed by atoms with Crippen LogP contribution < -0.4 is 5.32 Å². The standard InChI is InChI=1S/C14H22FNS/c1-4-9-16-14(10-17-11(2)3)12-5-7-13(15)8-6-12/h5-8,11,14,16H,4,9-10H2,1-3H3. The van der Waals surface area contributed by atoms with E-state index in [9.17, 15) is 4.39 Å². The number of rotatable bonds is 7. The van der Waals surface area contributed by atoms with Crippen LogP contribution in [0, 0.1) is 5.82 Å². The number of hydrogen-bond donors (Lipinski definition) is 1. The van der Waals surface area contributed by atoms with Crippen molar-refractivity contribution in [3.8, 4) is 0 Å². The Morgan fingerprint density at radius 3 is 2.41 bits per heavy atom. The Kier molecular flexibility index (Phi) is 6.60. The van der Waals surface area contributed by atoms with E-state index >= 15 is 0 Å². The van der Waals surface area contributed by atoms with Gasteiger partial charge >= 0.3 is 0 Å². The second-order valence-electron chi connectivity index (χ2n) is 4.44. The molecule has 1 rings (SSSR count). The van der Waals surface area contributed by atoms with Gasteiger partial charge in [0, 0.05) is 11.8 Å². The highest BCUT2D eigenvalue weighted by atomic mass is 32.2. The highest BCUT2D eigenvalue weighted by molar-refractivity contribution is 7.99. The quantitative estimate of drug-likeness (QED) is 0.790. The van der Waals surface area contributed by atoms with Crippen LogP contribution in [-0.2, 0) is 0 Å². The Bertz CT molecular complexity index is 311. The molecule has 3 heteroatoms. The summed E-state index contributed by atoms with van der Waals surface area (Å²) in [5, 5.41) is 4.14. The largest absolute Gasteiger partial charge is 0.309 e. The van der Waals surface area contributed by atoms with Crippen molar-refractivity contribution >= 4 is 11.8 Å². The van der Waals surface area contributed by atoms with Gasteiger partial charge in [0.25, 0.3) is 0 Å². The first-order chi connectivity index (χ1) is 8.13. The number of nitrogens with one attached hydrogen (secondary N) is 1. The zero-order chi connectivity index (χ0) is 12.7. The van der Waals surface area contributed by atoms with Crippen LogP contribution in [0.3, 0.4) is 0 Å². The lowest BCUT2D eigenvalue weighted by molar-refractivity contribution is 0.573. The molecule has 0 bridgehead atoms. The van der Waals surface area contributed by atoms with Crippen molar-refractivity contribution in [1.29, 1.82) is 0 Å². The molecular weight excluding hydrogens is 233 g/mol. The van der Waals surface area contributed by atoms with Crippen molar-refractivity contribution in [2.24, 2.45) is 0 Å². The highest BCUT2D eigenvalue weighted by Crippen LogP contribution is 2.21. The number of halogens is 1. The van der Waals surface area contributed by atoms with Crippen molar-refractivity contribution < 1.29 is 4.39 Å². The molecule has 1 atom stereocenters. The zero-order valence-corrected chi connectivity index (χ0v) is 11.7. The van der Waals surface area contributed by atoms with Gasteiger partial charge in [-0.1, -0.05) is 32.9 Å². The minimum absolute atomic E-state index is 0.167. The number of benzene rings is 1. The lowest BCUT2D eigenvalue weighted by Gasteiger charge is -2.19. The van der Waals surface area contributed by atoms with E-state index in [1.807, 2.05) is 23.9 Å². The fraction of sp³-hybridized carbons (Fsp3) is 0.571. The van der Waals surface area contributed by atoms with Crippen LogP contribution in [0.4, 0.5) is 4.39 Å². The molecule has 0 aliphatic heterocycles. The van der Waals surface area contributed by atoms with E-state index in [0.717, 1.165) is 18.7 Å². The Morgan fingerprint density at radius 2 is 1.88 bits per heavy atom. The maximum Gasteiger partial charge on any atom is 0.123 e. The summed E-state index contributed by atoms with van der Waals surface area (Å²) in [7, 11) is 0. The van der Waals surface area contributed by atoms with Gasteiger partial charge in [0.05, 0.1) is 0 Å². The van der Waals surface area contributed by atoms with E-state index in [4.69, 9.17) is 0 Å². The van der Waals surface area contributed by atoms with Gasteiger partial charge in [0.1, 0.15) is 5.82 Å². The molecule has 1 aromatic rings. The second-order valence-corrected chi connectivity index (χ2v) is 6.05. The maximum atomic E-state index is 12.9. The fourth-order valence-electron chi connectivity index (χ4n) is 1.58. The average molecular weight is 255 g/mol. The summed E-state index contributed by atoms with van der Waals surface area (Å²) < 4.78 is 12.9. The molecule has 1 aromatic carbocycles. The predicted octanol–water partition coefficient (Wildman–Crippen LogP) is 4.01. The molecule has 0 radical (unpaired) electrons. The summed E-state index contributed by atoms with van der Waals surface area (Å²) in [6.07, 6.45) is 1.12. The van der Waals surface area contributed by atoms with E-state index in [1.165, 1.54) is 17.7 Å². The summed E-state index contributed by atoms with van der Waals surface area (Å²) in [5.41, 5.74) is 1.17. The molecular formula is C14H22FNS. The maximum absolute atomic E-state index is 12.9. The van der Waals surface area contributed by atoms with Gasteiger partial charge in [-0.15, -0.1) is 0 Å². The zero-order valence-electron chi connectivity index (χ0n) is 10.9. The second kappa shape index (κ2) is 7.72. The summed E-state index contributed by atoms with van der Waals surface area (Å²) >= 11 is 1.93. The third-order valence-electron chi connectivity index (χ3n) is 2.51. The van der Waals surface area contributed by atoms with Crippen LogP contribution in [0.1, 0.15) is 38.8 Å². The molecule has 0 amide bonds. The molecule has 0 aromatic heterocycles. The van der Waals surface area contributed by atoms with Gasteiger partial charge in [0.2, 0.25) is 0 Å². The highest BCUT2D eigenvalue weighted by Gasteiger charge is 2.11. The molecule has 0 spiro atoms. The SMILES string of the molecule is CCCNC(CSC(C)C)c1ccc(F)cc1. The number of hydrogen-bond acceptors (Lipinski definition) is 2. The van der Waals surface area contributed by atoms with Gasteiger partial charge in [-0.05, 0) is 35.9 Å². The lowest BCUT2D eigenvalue weighted by atomic mass is 10.1. The molecule has 0 aliphatic rings. The summed E-state index contributed by atoms with van der Waals surface area (Å²) in [4.78, 5) is 0. The molecule has 1 N–H and O–H groups in total. The van der Waals surface area contributed by atoms with Crippen molar-refractivity contribution in [2.45, 2.75) is 38.5 Å². The first-order valence-electron chi connectivity index (χ1n) is 6.24. The van der Waals surface area contributed by atoms with Crippen molar-refractivity contribution in [2.75, 3.05) is 12.3 Å². The summed E-state index contributed by atoms with van der Waals surface area (Å²) in [6, 6.07) is 7.15. The van der Waals surface area contributed by atoms with Crippen molar-refractivity contribution in [3.05, 3.63) is 35.6 Å². The molecule has 96 valence electrons. The molecule has 0 fully saturated rings. The van der Waals surface area contributed by atoms with E-state index in [2.05, 4.69) is 26.1 Å². The van der Waals surface area contributed by atoms with Crippen LogP contribution in [0.25, 0.3) is 0 Å². The molecule has 1 nitrogen and oxygen atoms in total. The minimum atomic E-state index is -0.167. The molecule has 0 saturated heterocycles. The minimum Gasteiger partial charge on any atom is -0.309 e. The third kappa shape index (κ3) is 5.55. The van der Waals surface area contributed by atoms with Crippen LogP contribution >= 0.6 is 11.8 Å². The Morgan fingerprint density at radius 1 is 1.24 bits per heavy atom. The lowest BCUT2D eigenvalue weighted by Crippen LogP contribution is -2.24. The number of thioether (sulfide) groups is 1. The third-order valence-corrected chi connectivity index (χ3v) is 3.70. The van der Waals surface area contributed by atoms with Crippen molar-refractivity contribution in [1.82, 2.24) is 5.32 Å². The van der Waals surface area contributed by atoms with E-state index in [-0.39, 0.29) is 5.82 Å². The first kappa shape index (κ1) is 14.5. The molecule has 0 aliphatic carbocycles. The Labute approximate surface area is 108 Å². The topological polar surface area (TPSA) is 12.0 Å². The average Bonchev–Trinajstić information content (AvgIpc) is 2.30. The Balaban J connectivity index is 2.63. The molecule has 0 saturated carbocycles. The molecule has 1 unspecified atom stereocenters. The van der Waals surface area contributed by atoms with E-state index < -0.39 is 0 Å². The monoisotopic (exact) mass is 255 g/mol. The predicted molar refractivity (Wildman–Crippen MR) is 75.0 cm³/mol. The van der Waals surface area contributed by atoms with Crippen molar-refractivity contribution in [3.63, 3.8) is 0 Å². The molecule has 17 heavy (non-hydrogen) atoms. The molecule has 0 heterocycles. The van der Waals surface area contributed by atoms with Gasteiger partial charge < -0.3 is 5.32 Å². The normalized spacial score (nSPS) is 13.0.